The van der Waals surface area contributed by atoms with Crippen LogP contribution in [0.2, 0.25) is 0 Å². The van der Waals surface area contributed by atoms with Crippen molar-refractivity contribution < 1.29 is 22.8 Å². The van der Waals surface area contributed by atoms with Crippen molar-refractivity contribution in [3.8, 4) is 17.2 Å². The molecule has 1 N–H and O–H groups in total. The molecule has 0 heterocycles. The van der Waals surface area contributed by atoms with E-state index in [1.807, 2.05) is 66.7 Å². The Kier molecular flexibility index (Phi) is 13.3. The second-order valence-corrected chi connectivity index (χ2v) is 27.3. The van der Waals surface area contributed by atoms with E-state index >= 15 is 0 Å². The summed E-state index contributed by atoms with van der Waals surface area (Å²) in [5.41, 5.74) is 5.13. The first kappa shape index (κ1) is 48.3. The summed E-state index contributed by atoms with van der Waals surface area (Å²) in [4.78, 5) is 12.8. The van der Waals surface area contributed by atoms with E-state index in [0.717, 1.165) is 16.7 Å². The zero-order valence-corrected chi connectivity index (χ0v) is 42.2. The van der Waals surface area contributed by atoms with Crippen molar-refractivity contribution in [1.82, 2.24) is 0 Å². The fourth-order valence-electron chi connectivity index (χ4n) is 7.45. The summed E-state index contributed by atoms with van der Waals surface area (Å²) in [5, 5.41) is 1.28. The van der Waals surface area contributed by atoms with Crippen molar-refractivity contribution in [2.45, 2.75) is 157 Å². The van der Waals surface area contributed by atoms with Gasteiger partial charge in [0, 0.05) is 0 Å². The van der Waals surface area contributed by atoms with Crippen LogP contribution < -0.4 is 24.2 Å². The van der Waals surface area contributed by atoms with Gasteiger partial charge in [0.25, 0.3) is 0 Å². The van der Waals surface area contributed by atoms with Gasteiger partial charge in [0.2, 0.25) is 0 Å². The van der Waals surface area contributed by atoms with Gasteiger partial charge in [0.15, 0.2) is 0 Å². The summed E-state index contributed by atoms with van der Waals surface area (Å²) in [5.74, 6) is 1.74. The fraction of sp³-hybridized carbons (Fsp3) is 0.444. The third-order valence-electron chi connectivity index (χ3n) is 11.3. The van der Waals surface area contributed by atoms with Crippen LogP contribution in [-0.4, -0.2) is 4.89 Å². The number of rotatable bonds is 10. The van der Waals surface area contributed by atoms with Crippen LogP contribution in [-0.2, 0) is 36.8 Å². The Labute approximate surface area is 370 Å². The van der Waals surface area contributed by atoms with Crippen LogP contribution in [0, 0.1) is 0 Å². The van der Waals surface area contributed by atoms with Crippen LogP contribution in [0.4, 0.5) is 0 Å². The topological polar surface area (TPSA) is 57.2 Å². The SMILES string of the molecule is CC(C)(C)c1ccc(OP(O)OP(Oc2ccc(C(C)(C)C)cc2C(C)(C)C)(Oc2ccc(C(C)(C)C)cc2C(C)(C)C)(c2ccccc2)c2ccccc2)c(C(C)(C)C)c1. The molecule has 5 aromatic rings. The molecule has 5 aromatic carbocycles. The van der Waals surface area contributed by atoms with Gasteiger partial charge in [0.05, 0.1) is 0 Å². The monoisotopic (exact) mass is 865 g/mol. The predicted octanol–water partition coefficient (Wildman–Crippen LogP) is 15.2. The molecular formula is C54H74O5P2. The Morgan fingerprint density at radius 1 is 0.377 bits per heavy atom. The molecule has 0 aromatic heterocycles. The van der Waals surface area contributed by atoms with Crippen LogP contribution in [0.25, 0.3) is 0 Å². The van der Waals surface area contributed by atoms with Gasteiger partial charge in [-0.25, -0.2) is 0 Å². The van der Waals surface area contributed by atoms with Crippen molar-refractivity contribution in [3.05, 3.63) is 149 Å². The summed E-state index contributed by atoms with van der Waals surface area (Å²) in [6.45, 7) is 39.6. The zero-order chi connectivity index (χ0) is 45.6. The molecule has 0 saturated heterocycles. The maximum atomic E-state index is 12.8. The quantitative estimate of drug-likeness (QED) is 0.142. The number of hydrogen-bond donors (Lipinski definition) is 1. The average molecular weight is 865 g/mol. The minimum absolute atomic E-state index is 0.0897. The Morgan fingerprint density at radius 3 is 0.967 bits per heavy atom. The predicted molar refractivity (Wildman–Crippen MR) is 263 cm³/mol. The Morgan fingerprint density at radius 2 is 0.672 bits per heavy atom. The first-order valence-electron chi connectivity index (χ1n) is 21.7. The zero-order valence-electron chi connectivity index (χ0n) is 40.4. The van der Waals surface area contributed by atoms with Gasteiger partial charge in [-0.3, -0.25) is 0 Å². The van der Waals surface area contributed by atoms with Gasteiger partial charge >= 0.3 is 372 Å². The Hall–Kier alpha value is -3.72. The molecule has 0 radical (unpaired) electrons. The minimum atomic E-state index is -5.15. The third-order valence-corrected chi connectivity index (χ3v) is 16.8. The standard InChI is InChI=1S/C54H74O5P2/c1-49(2,3)38-29-32-46(43(35-38)52(10,11)12)56-60(55)59-61(41-25-21-19-22-26-41,42-27-23-20-24-28-42,57-47-33-30-39(50(4,5)6)36-44(47)53(13,14)15)58-48-34-31-40(51(7,8)9)37-45(48)54(16,17)18/h19-37,55H,1-18H3. The van der Waals surface area contributed by atoms with Crippen molar-refractivity contribution in [1.29, 1.82) is 0 Å². The average Bonchev–Trinajstić information content (AvgIpc) is 3.13. The maximum absolute atomic E-state index is 12.8. The molecule has 0 spiro atoms. The molecule has 5 nitrogen and oxygen atoms in total. The molecule has 0 fully saturated rings. The number of hydrogen-bond acceptors (Lipinski definition) is 5. The van der Waals surface area contributed by atoms with Crippen LogP contribution >= 0.6 is 15.9 Å². The van der Waals surface area contributed by atoms with Gasteiger partial charge in [-0.1, -0.05) is 0 Å². The second kappa shape index (κ2) is 16.8. The molecule has 0 aliphatic carbocycles. The van der Waals surface area contributed by atoms with Crippen molar-refractivity contribution in [2.75, 3.05) is 0 Å². The molecule has 0 saturated carbocycles. The van der Waals surface area contributed by atoms with E-state index in [-0.39, 0.29) is 32.5 Å². The van der Waals surface area contributed by atoms with Crippen LogP contribution in [0.15, 0.2) is 115 Å². The van der Waals surface area contributed by atoms with E-state index in [9.17, 15) is 4.89 Å². The first-order chi connectivity index (χ1) is 27.8. The fourth-order valence-corrected chi connectivity index (χ4v) is 13.1. The summed E-state index contributed by atoms with van der Waals surface area (Å²) < 4.78 is 30.0. The Balaban J connectivity index is 1.94. The van der Waals surface area contributed by atoms with E-state index in [2.05, 4.69) is 173 Å². The van der Waals surface area contributed by atoms with Gasteiger partial charge in [0.1, 0.15) is 0 Å². The summed E-state index contributed by atoms with van der Waals surface area (Å²) >= 11 is 0. The van der Waals surface area contributed by atoms with E-state index < -0.39 is 15.9 Å². The molecule has 1 unspecified atom stereocenters. The molecule has 1 atom stereocenters. The molecular weight excluding hydrogens is 791 g/mol. The van der Waals surface area contributed by atoms with Crippen LogP contribution in [0.5, 0.6) is 17.2 Å². The van der Waals surface area contributed by atoms with Crippen molar-refractivity contribution >= 4 is 26.5 Å². The van der Waals surface area contributed by atoms with Crippen molar-refractivity contribution in [2.24, 2.45) is 0 Å². The molecule has 0 bridgehead atoms. The Bertz CT molecular complexity index is 2170. The van der Waals surface area contributed by atoms with E-state index in [0.29, 0.717) is 27.9 Å². The van der Waals surface area contributed by atoms with Gasteiger partial charge in [-0.05, 0) is 0 Å². The van der Waals surface area contributed by atoms with E-state index in [1.54, 1.807) is 0 Å². The summed E-state index contributed by atoms with van der Waals surface area (Å²) in [7, 11) is -7.90. The molecule has 7 heteroatoms. The molecule has 0 amide bonds. The summed E-state index contributed by atoms with van der Waals surface area (Å²) in [6.07, 6.45) is 0. The summed E-state index contributed by atoms with van der Waals surface area (Å²) in [6, 6.07) is 38.9. The van der Waals surface area contributed by atoms with Gasteiger partial charge in [-0.2, -0.15) is 0 Å². The molecule has 0 aliphatic rings. The van der Waals surface area contributed by atoms with Crippen LogP contribution in [0.1, 0.15) is 158 Å². The number of benzene rings is 5. The van der Waals surface area contributed by atoms with E-state index in [1.165, 1.54) is 16.7 Å². The molecule has 330 valence electrons. The molecule has 61 heavy (non-hydrogen) atoms. The second-order valence-electron chi connectivity index (χ2n) is 22.8. The van der Waals surface area contributed by atoms with Crippen molar-refractivity contribution in [3.63, 3.8) is 0 Å². The normalized spacial score (nSPS) is 14.5. The molecule has 0 aliphatic heterocycles. The van der Waals surface area contributed by atoms with E-state index in [4.69, 9.17) is 17.9 Å². The van der Waals surface area contributed by atoms with Gasteiger partial charge in [-0.15, -0.1) is 0 Å². The molecule has 5 rings (SSSR count). The first-order valence-corrected chi connectivity index (χ1v) is 24.8. The third kappa shape index (κ3) is 10.6. The van der Waals surface area contributed by atoms with Crippen LogP contribution in [0.3, 0.4) is 0 Å². The van der Waals surface area contributed by atoms with Gasteiger partial charge < -0.3 is 0 Å².